The highest BCUT2D eigenvalue weighted by molar-refractivity contribution is 4.78. The van der Waals surface area contributed by atoms with Crippen molar-refractivity contribution in [3.63, 3.8) is 0 Å². The molecule has 1 aliphatic carbocycles. The molecule has 2 nitrogen and oxygen atoms in total. The SMILES string of the molecule is CCC1CCC(NCC(CN)C(C)C)CC1. The van der Waals surface area contributed by atoms with Crippen molar-refractivity contribution in [3.8, 4) is 0 Å². The third-order valence-corrected chi connectivity index (χ3v) is 4.34. The first-order valence-corrected chi connectivity index (χ1v) is 7.10. The molecule has 0 saturated heterocycles. The molecule has 3 N–H and O–H groups in total. The zero-order chi connectivity index (χ0) is 12.0. The molecule has 1 saturated carbocycles. The van der Waals surface area contributed by atoms with Gasteiger partial charge in [-0.05, 0) is 56.5 Å². The van der Waals surface area contributed by atoms with Crippen molar-refractivity contribution in [2.24, 2.45) is 23.5 Å². The first-order valence-electron chi connectivity index (χ1n) is 7.10. The number of rotatable bonds is 6. The molecule has 1 rings (SSSR count). The summed E-state index contributed by atoms with van der Waals surface area (Å²) in [6.45, 7) is 8.78. The molecule has 96 valence electrons. The van der Waals surface area contributed by atoms with E-state index in [0.29, 0.717) is 11.8 Å². The predicted molar refractivity (Wildman–Crippen MR) is 71.4 cm³/mol. The largest absolute Gasteiger partial charge is 0.330 e. The molecular weight excluding hydrogens is 196 g/mol. The number of nitrogens with one attached hydrogen (secondary N) is 1. The van der Waals surface area contributed by atoms with E-state index in [4.69, 9.17) is 5.73 Å². The quantitative estimate of drug-likeness (QED) is 0.731. The van der Waals surface area contributed by atoms with Crippen LogP contribution >= 0.6 is 0 Å². The topological polar surface area (TPSA) is 38.0 Å². The Morgan fingerprint density at radius 2 is 1.81 bits per heavy atom. The molecule has 0 heterocycles. The van der Waals surface area contributed by atoms with Gasteiger partial charge in [0, 0.05) is 6.04 Å². The van der Waals surface area contributed by atoms with Gasteiger partial charge in [-0.25, -0.2) is 0 Å². The van der Waals surface area contributed by atoms with Crippen molar-refractivity contribution in [3.05, 3.63) is 0 Å². The van der Waals surface area contributed by atoms with Crippen molar-refractivity contribution in [2.45, 2.75) is 58.9 Å². The van der Waals surface area contributed by atoms with Gasteiger partial charge in [-0.2, -0.15) is 0 Å². The molecule has 0 aliphatic heterocycles. The van der Waals surface area contributed by atoms with Crippen LogP contribution in [0.2, 0.25) is 0 Å². The van der Waals surface area contributed by atoms with Crippen LogP contribution in [0, 0.1) is 17.8 Å². The number of hydrogen-bond acceptors (Lipinski definition) is 2. The van der Waals surface area contributed by atoms with Crippen molar-refractivity contribution < 1.29 is 0 Å². The Morgan fingerprint density at radius 1 is 1.19 bits per heavy atom. The van der Waals surface area contributed by atoms with Crippen molar-refractivity contribution in [1.82, 2.24) is 5.32 Å². The van der Waals surface area contributed by atoms with Crippen molar-refractivity contribution >= 4 is 0 Å². The molecule has 1 atom stereocenters. The Morgan fingerprint density at radius 3 is 2.25 bits per heavy atom. The van der Waals surface area contributed by atoms with E-state index in [2.05, 4.69) is 26.1 Å². The normalized spacial score (nSPS) is 28.3. The van der Waals surface area contributed by atoms with Crippen LogP contribution in [0.1, 0.15) is 52.9 Å². The summed E-state index contributed by atoms with van der Waals surface area (Å²) in [5.41, 5.74) is 5.79. The van der Waals surface area contributed by atoms with Crippen molar-refractivity contribution in [2.75, 3.05) is 13.1 Å². The summed E-state index contributed by atoms with van der Waals surface area (Å²) >= 11 is 0. The van der Waals surface area contributed by atoms with E-state index in [1.54, 1.807) is 0 Å². The van der Waals surface area contributed by atoms with E-state index < -0.39 is 0 Å². The zero-order valence-electron chi connectivity index (χ0n) is 11.3. The lowest BCUT2D eigenvalue weighted by Gasteiger charge is -2.30. The van der Waals surface area contributed by atoms with Crippen LogP contribution in [0.5, 0.6) is 0 Å². The molecule has 0 bridgehead atoms. The van der Waals surface area contributed by atoms with Gasteiger partial charge in [0.25, 0.3) is 0 Å². The molecule has 0 aromatic carbocycles. The van der Waals surface area contributed by atoms with E-state index in [-0.39, 0.29) is 0 Å². The average molecular weight is 226 g/mol. The smallest absolute Gasteiger partial charge is 0.00673 e. The zero-order valence-corrected chi connectivity index (χ0v) is 11.3. The fraction of sp³-hybridized carbons (Fsp3) is 1.00. The predicted octanol–water partition coefficient (Wildman–Crippen LogP) is 2.78. The van der Waals surface area contributed by atoms with Gasteiger partial charge in [0.15, 0.2) is 0 Å². The molecule has 1 fully saturated rings. The summed E-state index contributed by atoms with van der Waals surface area (Å²) in [5.74, 6) is 2.34. The summed E-state index contributed by atoms with van der Waals surface area (Å²) in [6.07, 6.45) is 6.94. The van der Waals surface area contributed by atoms with Crippen molar-refractivity contribution in [1.29, 1.82) is 0 Å². The second kappa shape index (κ2) is 7.29. The van der Waals surface area contributed by atoms with Gasteiger partial charge in [-0.15, -0.1) is 0 Å². The molecule has 0 radical (unpaired) electrons. The van der Waals surface area contributed by atoms with E-state index >= 15 is 0 Å². The minimum Gasteiger partial charge on any atom is -0.330 e. The second-order valence-electron chi connectivity index (χ2n) is 5.77. The molecule has 0 amide bonds. The van der Waals surface area contributed by atoms with Gasteiger partial charge >= 0.3 is 0 Å². The highest BCUT2D eigenvalue weighted by Crippen LogP contribution is 2.26. The van der Waals surface area contributed by atoms with Crippen LogP contribution in [0.3, 0.4) is 0 Å². The highest BCUT2D eigenvalue weighted by atomic mass is 14.9. The highest BCUT2D eigenvalue weighted by Gasteiger charge is 2.20. The van der Waals surface area contributed by atoms with Crippen LogP contribution in [-0.2, 0) is 0 Å². The first-order chi connectivity index (χ1) is 7.67. The van der Waals surface area contributed by atoms with Gasteiger partial charge < -0.3 is 11.1 Å². The third-order valence-electron chi connectivity index (χ3n) is 4.34. The van der Waals surface area contributed by atoms with E-state index in [1.165, 1.54) is 32.1 Å². The molecule has 0 aromatic rings. The summed E-state index contributed by atoms with van der Waals surface area (Å²) in [6, 6.07) is 0.760. The van der Waals surface area contributed by atoms with Crippen LogP contribution < -0.4 is 11.1 Å². The summed E-state index contributed by atoms with van der Waals surface area (Å²) in [4.78, 5) is 0. The van der Waals surface area contributed by atoms with Gasteiger partial charge in [-0.1, -0.05) is 27.2 Å². The Kier molecular flexibility index (Phi) is 6.37. The van der Waals surface area contributed by atoms with Crippen LogP contribution in [0.15, 0.2) is 0 Å². The maximum absolute atomic E-state index is 5.79. The maximum Gasteiger partial charge on any atom is 0.00673 e. The summed E-state index contributed by atoms with van der Waals surface area (Å²) in [7, 11) is 0. The van der Waals surface area contributed by atoms with Gasteiger partial charge in [-0.3, -0.25) is 0 Å². The fourth-order valence-corrected chi connectivity index (χ4v) is 2.68. The number of nitrogens with two attached hydrogens (primary N) is 1. The third kappa shape index (κ3) is 4.42. The lowest BCUT2D eigenvalue weighted by molar-refractivity contribution is 0.265. The standard InChI is InChI=1S/C14H30N2/c1-4-12-5-7-14(8-6-12)16-10-13(9-15)11(2)3/h11-14,16H,4-10,15H2,1-3H3. The monoisotopic (exact) mass is 226 g/mol. The van der Waals surface area contributed by atoms with Gasteiger partial charge in [0.1, 0.15) is 0 Å². The summed E-state index contributed by atoms with van der Waals surface area (Å²) < 4.78 is 0. The molecule has 2 heteroatoms. The number of hydrogen-bond donors (Lipinski definition) is 2. The fourth-order valence-electron chi connectivity index (χ4n) is 2.68. The molecule has 0 aromatic heterocycles. The summed E-state index contributed by atoms with van der Waals surface area (Å²) in [5, 5.41) is 3.72. The van der Waals surface area contributed by atoms with E-state index in [1.807, 2.05) is 0 Å². The second-order valence-corrected chi connectivity index (χ2v) is 5.77. The molecule has 1 aliphatic rings. The Hall–Kier alpha value is -0.0800. The minimum absolute atomic E-state index is 0.642. The Labute approximate surface area is 101 Å². The maximum atomic E-state index is 5.79. The first kappa shape index (κ1) is 14.0. The van der Waals surface area contributed by atoms with Gasteiger partial charge in [0.2, 0.25) is 0 Å². The van der Waals surface area contributed by atoms with Crippen LogP contribution in [0.4, 0.5) is 0 Å². The molecule has 1 unspecified atom stereocenters. The van der Waals surface area contributed by atoms with Crippen LogP contribution in [0.25, 0.3) is 0 Å². The average Bonchev–Trinajstić information content (AvgIpc) is 2.30. The lowest BCUT2D eigenvalue weighted by atomic mass is 9.84. The van der Waals surface area contributed by atoms with Crippen LogP contribution in [-0.4, -0.2) is 19.1 Å². The Bertz CT molecular complexity index is 172. The molecular formula is C14H30N2. The minimum atomic E-state index is 0.642. The Balaban J connectivity index is 2.18. The lowest BCUT2D eigenvalue weighted by Crippen LogP contribution is -2.39. The van der Waals surface area contributed by atoms with Gasteiger partial charge in [0.05, 0.1) is 0 Å². The van der Waals surface area contributed by atoms with E-state index in [0.717, 1.165) is 25.0 Å². The molecule has 0 spiro atoms. The van der Waals surface area contributed by atoms with E-state index in [9.17, 15) is 0 Å². The molecule has 16 heavy (non-hydrogen) atoms.